The Bertz CT molecular complexity index is 462. The molecule has 0 saturated heterocycles. The molecule has 0 fully saturated rings. The highest BCUT2D eigenvalue weighted by Gasteiger charge is 2.26. The minimum atomic E-state index is -0.798. The summed E-state index contributed by atoms with van der Waals surface area (Å²) in [5, 5.41) is 10.2. The number of fused-ring (bicyclic) bond motifs is 1. The Morgan fingerprint density at radius 2 is 2.18 bits per heavy atom. The molecular weight excluding hydrogens is 261 g/mol. The molecule has 3 nitrogen and oxygen atoms in total. The zero-order valence-corrected chi connectivity index (χ0v) is 10.9. The van der Waals surface area contributed by atoms with Crippen molar-refractivity contribution >= 4 is 29.2 Å². The van der Waals surface area contributed by atoms with Crippen molar-refractivity contribution in [2.24, 2.45) is 0 Å². The van der Waals surface area contributed by atoms with Gasteiger partial charge in [0.1, 0.15) is 6.04 Å². The molecular formula is C12H13Cl2NO2. The smallest absolute Gasteiger partial charge is 0.320 e. The Morgan fingerprint density at radius 3 is 2.82 bits per heavy atom. The summed E-state index contributed by atoms with van der Waals surface area (Å²) in [6.07, 6.45) is 0.742. The molecule has 5 heteroatoms. The quantitative estimate of drug-likeness (QED) is 0.901. The lowest BCUT2D eigenvalue weighted by Gasteiger charge is -2.32. The van der Waals surface area contributed by atoms with Gasteiger partial charge in [-0.15, -0.1) is 0 Å². The number of carbonyl (C=O) groups is 1. The lowest BCUT2D eigenvalue weighted by Crippen LogP contribution is -2.42. The van der Waals surface area contributed by atoms with Gasteiger partial charge in [0.2, 0.25) is 0 Å². The number of rotatable bonds is 2. The van der Waals surface area contributed by atoms with E-state index in [4.69, 9.17) is 28.3 Å². The second kappa shape index (κ2) is 4.84. The molecule has 17 heavy (non-hydrogen) atoms. The van der Waals surface area contributed by atoms with Gasteiger partial charge in [-0.3, -0.25) is 9.69 Å². The molecule has 1 aliphatic rings. The number of carboxylic acids is 1. The Morgan fingerprint density at radius 1 is 1.47 bits per heavy atom. The van der Waals surface area contributed by atoms with E-state index in [0.717, 1.165) is 17.5 Å². The van der Waals surface area contributed by atoms with E-state index in [1.54, 1.807) is 13.0 Å². The molecule has 0 spiro atoms. The number of carboxylic acid groups (broad SMARTS) is 1. The van der Waals surface area contributed by atoms with Crippen LogP contribution in [-0.4, -0.2) is 28.6 Å². The Hall–Kier alpha value is -0.770. The van der Waals surface area contributed by atoms with Crippen LogP contribution in [0.2, 0.25) is 10.0 Å². The Balaban J connectivity index is 2.26. The number of nitrogens with zero attached hydrogens (tertiary/aromatic N) is 1. The molecule has 1 aliphatic heterocycles. The third-order valence-corrected chi connectivity index (χ3v) is 4.06. The van der Waals surface area contributed by atoms with E-state index < -0.39 is 12.0 Å². The van der Waals surface area contributed by atoms with Crippen molar-refractivity contribution in [1.82, 2.24) is 4.90 Å². The van der Waals surface area contributed by atoms with Gasteiger partial charge in [0.05, 0.1) is 10.0 Å². The molecule has 92 valence electrons. The van der Waals surface area contributed by atoms with Crippen molar-refractivity contribution in [3.63, 3.8) is 0 Å². The number of benzene rings is 1. The molecule has 0 radical (unpaired) electrons. The summed E-state index contributed by atoms with van der Waals surface area (Å²) in [5.74, 6) is -0.798. The van der Waals surface area contributed by atoms with Crippen molar-refractivity contribution in [1.29, 1.82) is 0 Å². The summed E-state index contributed by atoms with van der Waals surface area (Å²) in [6, 6.07) is 3.21. The molecule has 0 saturated carbocycles. The van der Waals surface area contributed by atoms with Crippen LogP contribution >= 0.6 is 23.2 Å². The minimum Gasteiger partial charge on any atom is -0.480 e. The molecule has 1 aromatic carbocycles. The van der Waals surface area contributed by atoms with Crippen LogP contribution in [0.15, 0.2) is 12.1 Å². The Labute approximate surface area is 110 Å². The summed E-state index contributed by atoms with van der Waals surface area (Å²) >= 11 is 12.1. The molecule has 1 atom stereocenters. The van der Waals surface area contributed by atoms with E-state index in [0.29, 0.717) is 23.1 Å². The van der Waals surface area contributed by atoms with Gasteiger partial charge >= 0.3 is 5.97 Å². The third kappa shape index (κ3) is 2.41. The normalized spacial score (nSPS) is 17.6. The molecule has 0 amide bonds. The lowest BCUT2D eigenvalue weighted by molar-refractivity contribution is -0.143. The highest BCUT2D eigenvalue weighted by molar-refractivity contribution is 6.42. The fourth-order valence-corrected chi connectivity index (χ4v) is 2.55. The van der Waals surface area contributed by atoms with E-state index in [-0.39, 0.29) is 0 Å². The molecule has 1 aromatic rings. The average molecular weight is 274 g/mol. The summed E-state index contributed by atoms with van der Waals surface area (Å²) in [5.41, 5.74) is 2.12. The van der Waals surface area contributed by atoms with Crippen molar-refractivity contribution < 1.29 is 9.90 Å². The van der Waals surface area contributed by atoms with Crippen molar-refractivity contribution in [2.75, 3.05) is 6.54 Å². The Kier molecular flexibility index (Phi) is 3.61. The maximum atomic E-state index is 10.9. The predicted octanol–water partition coefficient (Wildman–Crippen LogP) is 2.82. The van der Waals surface area contributed by atoms with Gasteiger partial charge in [-0.1, -0.05) is 29.3 Å². The van der Waals surface area contributed by atoms with Gasteiger partial charge < -0.3 is 5.11 Å². The maximum absolute atomic E-state index is 10.9. The number of halogens is 2. The van der Waals surface area contributed by atoms with Crippen molar-refractivity contribution in [3.05, 3.63) is 33.3 Å². The van der Waals surface area contributed by atoms with Crippen LogP contribution in [0.1, 0.15) is 18.1 Å². The van der Waals surface area contributed by atoms with E-state index in [1.807, 2.05) is 11.0 Å². The van der Waals surface area contributed by atoms with Gasteiger partial charge in [-0.05, 0) is 30.5 Å². The maximum Gasteiger partial charge on any atom is 0.320 e. The summed E-state index contributed by atoms with van der Waals surface area (Å²) in [6.45, 7) is 3.01. The molecule has 1 unspecified atom stereocenters. The van der Waals surface area contributed by atoms with Crippen LogP contribution in [0.4, 0.5) is 0 Å². The van der Waals surface area contributed by atoms with Gasteiger partial charge in [0.15, 0.2) is 0 Å². The van der Waals surface area contributed by atoms with Gasteiger partial charge in [0.25, 0.3) is 0 Å². The largest absolute Gasteiger partial charge is 0.480 e. The predicted molar refractivity (Wildman–Crippen MR) is 67.7 cm³/mol. The van der Waals surface area contributed by atoms with Crippen LogP contribution in [-0.2, 0) is 17.8 Å². The fourth-order valence-electron chi connectivity index (χ4n) is 2.09. The van der Waals surface area contributed by atoms with E-state index in [2.05, 4.69) is 0 Å². The second-order valence-electron chi connectivity index (χ2n) is 4.23. The summed E-state index contributed by atoms with van der Waals surface area (Å²) in [4.78, 5) is 12.9. The van der Waals surface area contributed by atoms with E-state index in [9.17, 15) is 4.79 Å². The summed E-state index contributed by atoms with van der Waals surface area (Å²) in [7, 11) is 0. The molecule has 1 heterocycles. The summed E-state index contributed by atoms with van der Waals surface area (Å²) < 4.78 is 0. The second-order valence-corrected chi connectivity index (χ2v) is 5.02. The third-order valence-electron chi connectivity index (χ3n) is 3.22. The zero-order chi connectivity index (χ0) is 12.6. The van der Waals surface area contributed by atoms with Crippen LogP contribution in [0, 0.1) is 0 Å². The van der Waals surface area contributed by atoms with Gasteiger partial charge in [-0.2, -0.15) is 0 Å². The van der Waals surface area contributed by atoms with Crippen LogP contribution in [0.3, 0.4) is 0 Å². The topological polar surface area (TPSA) is 40.5 Å². The van der Waals surface area contributed by atoms with E-state index >= 15 is 0 Å². The van der Waals surface area contributed by atoms with Crippen molar-refractivity contribution in [3.8, 4) is 0 Å². The fraction of sp³-hybridized carbons (Fsp3) is 0.417. The standard InChI is InChI=1S/C12H13Cl2NO2/c1-7(12(16)17)15-5-4-9-8(6-15)2-3-10(13)11(9)14/h2-3,7H,4-6H2,1H3,(H,16,17). The van der Waals surface area contributed by atoms with Crippen LogP contribution < -0.4 is 0 Å². The molecule has 1 N–H and O–H groups in total. The van der Waals surface area contributed by atoms with Gasteiger partial charge in [0, 0.05) is 13.1 Å². The zero-order valence-electron chi connectivity index (χ0n) is 9.41. The first kappa shape index (κ1) is 12.7. The molecule has 0 bridgehead atoms. The monoisotopic (exact) mass is 273 g/mol. The first-order valence-corrected chi connectivity index (χ1v) is 6.19. The number of hydrogen-bond acceptors (Lipinski definition) is 2. The van der Waals surface area contributed by atoms with Crippen molar-refractivity contribution in [2.45, 2.75) is 25.9 Å². The highest BCUT2D eigenvalue weighted by Crippen LogP contribution is 2.32. The molecule has 2 rings (SSSR count). The first-order valence-electron chi connectivity index (χ1n) is 5.43. The number of hydrogen-bond donors (Lipinski definition) is 1. The average Bonchev–Trinajstić information content (AvgIpc) is 2.32. The van der Waals surface area contributed by atoms with Gasteiger partial charge in [-0.25, -0.2) is 0 Å². The minimum absolute atomic E-state index is 0.474. The lowest BCUT2D eigenvalue weighted by atomic mass is 9.98. The highest BCUT2D eigenvalue weighted by atomic mass is 35.5. The van der Waals surface area contributed by atoms with Crippen LogP contribution in [0.25, 0.3) is 0 Å². The van der Waals surface area contributed by atoms with E-state index in [1.165, 1.54) is 0 Å². The molecule has 0 aliphatic carbocycles. The first-order chi connectivity index (χ1) is 8.00. The SMILES string of the molecule is CC(C(=O)O)N1CCc2c(ccc(Cl)c2Cl)C1. The number of aliphatic carboxylic acids is 1. The molecule has 0 aromatic heterocycles. The van der Waals surface area contributed by atoms with Crippen LogP contribution in [0.5, 0.6) is 0 Å².